The molecule has 25 heavy (non-hydrogen) atoms. The summed E-state index contributed by atoms with van der Waals surface area (Å²) in [6.45, 7) is 0. The van der Waals surface area contributed by atoms with Crippen LogP contribution in [0.1, 0.15) is 22.3 Å². The third-order valence-electron chi connectivity index (χ3n) is 3.96. The zero-order chi connectivity index (χ0) is 18.0. The molecule has 0 aliphatic carbocycles. The van der Waals surface area contributed by atoms with Crippen molar-refractivity contribution in [3.8, 4) is 0 Å². The van der Waals surface area contributed by atoms with Crippen molar-refractivity contribution in [1.29, 1.82) is 0 Å². The summed E-state index contributed by atoms with van der Waals surface area (Å²) in [6, 6.07) is 9.61. The number of nitro benzene ring substituents is 1. The largest absolute Gasteiger partial charge is 0.355 e. The minimum atomic E-state index is -0.534. The number of hydrogen-bond donors (Lipinski definition) is 3. The molecular formula is C17H16N4O4. The SMILES string of the molecule is CNC(=O)c1ccc(Nc2ccc3c(c2)CCC(=O)N3)c([N+](=O)[O-])c1. The van der Waals surface area contributed by atoms with Crippen molar-refractivity contribution in [2.45, 2.75) is 12.8 Å². The van der Waals surface area contributed by atoms with Crippen LogP contribution in [-0.4, -0.2) is 23.8 Å². The number of carbonyl (C=O) groups excluding carboxylic acids is 2. The van der Waals surface area contributed by atoms with Gasteiger partial charge in [-0.3, -0.25) is 19.7 Å². The maximum atomic E-state index is 11.7. The molecule has 1 aliphatic heterocycles. The first kappa shape index (κ1) is 16.4. The van der Waals surface area contributed by atoms with Crippen molar-refractivity contribution in [3.05, 3.63) is 57.6 Å². The van der Waals surface area contributed by atoms with E-state index in [2.05, 4.69) is 16.0 Å². The monoisotopic (exact) mass is 340 g/mol. The number of rotatable bonds is 4. The molecule has 8 nitrogen and oxygen atoms in total. The van der Waals surface area contributed by atoms with E-state index < -0.39 is 4.92 Å². The molecule has 0 saturated carbocycles. The number of anilines is 3. The van der Waals surface area contributed by atoms with E-state index in [9.17, 15) is 19.7 Å². The van der Waals surface area contributed by atoms with Gasteiger partial charge >= 0.3 is 0 Å². The number of nitrogens with zero attached hydrogens (tertiary/aromatic N) is 1. The van der Waals surface area contributed by atoms with Crippen LogP contribution in [0.3, 0.4) is 0 Å². The van der Waals surface area contributed by atoms with Gasteiger partial charge in [-0.2, -0.15) is 0 Å². The van der Waals surface area contributed by atoms with Gasteiger partial charge in [0.25, 0.3) is 11.6 Å². The number of amides is 2. The number of carbonyl (C=O) groups is 2. The van der Waals surface area contributed by atoms with E-state index in [0.717, 1.165) is 11.3 Å². The third-order valence-corrected chi connectivity index (χ3v) is 3.96. The molecule has 1 aliphatic rings. The van der Waals surface area contributed by atoms with Gasteiger partial charge in [0.15, 0.2) is 0 Å². The number of aryl methyl sites for hydroxylation is 1. The number of benzene rings is 2. The Balaban J connectivity index is 1.91. The molecule has 0 radical (unpaired) electrons. The molecule has 0 spiro atoms. The summed E-state index contributed by atoms with van der Waals surface area (Å²) in [5, 5.41) is 19.6. The van der Waals surface area contributed by atoms with Crippen molar-refractivity contribution < 1.29 is 14.5 Å². The third kappa shape index (κ3) is 3.42. The zero-order valence-corrected chi connectivity index (χ0v) is 13.5. The number of fused-ring (bicyclic) bond motifs is 1. The summed E-state index contributed by atoms with van der Waals surface area (Å²) >= 11 is 0. The Bertz CT molecular complexity index is 879. The first-order valence-corrected chi connectivity index (χ1v) is 7.68. The molecule has 2 amide bonds. The fourth-order valence-corrected chi connectivity index (χ4v) is 2.69. The van der Waals surface area contributed by atoms with E-state index in [1.165, 1.54) is 25.2 Å². The highest BCUT2D eigenvalue weighted by atomic mass is 16.6. The maximum Gasteiger partial charge on any atom is 0.293 e. The molecule has 0 unspecified atom stereocenters. The minimum absolute atomic E-state index is 0.0198. The smallest absolute Gasteiger partial charge is 0.293 e. The van der Waals surface area contributed by atoms with Gasteiger partial charge in [-0.05, 0) is 42.3 Å². The fourth-order valence-electron chi connectivity index (χ4n) is 2.69. The van der Waals surface area contributed by atoms with Crippen molar-refractivity contribution in [2.24, 2.45) is 0 Å². The van der Waals surface area contributed by atoms with Gasteiger partial charge in [0.1, 0.15) is 5.69 Å². The Hall–Kier alpha value is -3.42. The molecule has 2 aromatic rings. The maximum absolute atomic E-state index is 11.7. The van der Waals surface area contributed by atoms with Gasteiger partial charge in [-0.1, -0.05) is 0 Å². The molecule has 0 bridgehead atoms. The molecule has 0 saturated heterocycles. The van der Waals surface area contributed by atoms with Crippen LogP contribution in [0.4, 0.5) is 22.7 Å². The Morgan fingerprint density at radius 1 is 1.20 bits per heavy atom. The zero-order valence-electron chi connectivity index (χ0n) is 13.5. The Morgan fingerprint density at radius 2 is 2.00 bits per heavy atom. The Kier molecular flexibility index (Phi) is 4.34. The molecule has 0 aromatic heterocycles. The van der Waals surface area contributed by atoms with E-state index >= 15 is 0 Å². The summed E-state index contributed by atoms with van der Waals surface area (Å²) in [7, 11) is 1.46. The van der Waals surface area contributed by atoms with Crippen molar-refractivity contribution >= 4 is 34.6 Å². The lowest BCUT2D eigenvalue weighted by atomic mass is 10.0. The quantitative estimate of drug-likeness (QED) is 0.585. The lowest BCUT2D eigenvalue weighted by Crippen LogP contribution is -2.19. The highest BCUT2D eigenvalue weighted by molar-refractivity contribution is 5.96. The molecule has 0 atom stereocenters. The van der Waals surface area contributed by atoms with E-state index in [0.29, 0.717) is 18.5 Å². The first-order chi connectivity index (χ1) is 12.0. The molecule has 128 valence electrons. The van der Waals surface area contributed by atoms with E-state index in [4.69, 9.17) is 0 Å². The molecule has 1 heterocycles. The number of nitro groups is 1. The highest BCUT2D eigenvalue weighted by Gasteiger charge is 2.19. The summed E-state index contributed by atoms with van der Waals surface area (Å²) in [6.07, 6.45) is 1.03. The predicted octanol–water partition coefficient (Wildman–Crippen LogP) is 2.58. The second-order valence-electron chi connectivity index (χ2n) is 5.61. The van der Waals surface area contributed by atoms with Crippen LogP contribution in [0.25, 0.3) is 0 Å². The van der Waals surface area contributed by atoms with Crippen LogP contribution in [0.5, 0.6) is 0 Å². The van der Waals surface area contributed by atoms with Gasteiger partial charge in [-0.15, -0.1) is 0 Å². The van der Waals surface area contributed by atoms with Crippen LogP contribution in [0.2, 0.25) is 0 Å². The van der Waals surface area contributed by atoms with Gasteiger partial charge in [-0.25, -0.2) is 0 Å². The van der Waals surface area contributed by atoms with Crippen LogP contribution in [-0.2, 0) is 11.2 Å². The second kappa shape index (κ2) is 6.60. The molecular weight excluding hydrogens is 324 g/mol. The van der Waals surface area contributed by atoms with Crippen LogP contribution in [0, 0.1) is 10.1 Å². The van der Waals surface area contributed by atoms with Crippen LogP contribution in [0.15, 0.2) is 36.4 Å². The highest BCUT2D eigenvalue weighted by Crippen LogP contribution is 2.31. The summed E-state index contributed by atoms with van der Waals surface area (Å²) in [5.74, 6) is -0.409. The summed E-state index contributed by atoms with van der Waals surface area (Å²) in [5.41, 5.74) is 2.71. The summed E-state index contributed by atoms with van der Waals surface area (Å²) in [4.78, 5) is 33.9. The minimum Gasteiger partial charge on any atom is -0.355 e. The lowest BCUT2D eigenvalue weighted by Gasteiger charge is -2.18. The van der Waals surface area contributed by atoms with Crippen molar-refractivity contribution in [1.82, 2.24) is 5.32 Å². The molecule has 3 N–H and O–H groups in total. The first-order valence-electron chi connectivity index (χ1n) is 7.68. The topological polar surface area (TPSA) is 113 Å². The average molecular weight is 340 g/mol. The normalized spacial score (nSPS) is 12.8. The summed E-state index contributed by atoms with van der Waals surface area (Å²) < 4.78 is 0. The van der Waals surface area contributed by atoms with Crippen molar-refractivity contribution in [3.63, 3.8) is 0 Å². The van der Waals surface area contributed by atoms with Gasteiger partial charge in [0.05, 0.1) is 4.92 Å². The van der Waals surface area contributed by atoms with Gasteiger partial charge in [0, 0.05) is 36.5 Å². The number of nitrogens with one attached hydrogen (secondary N) is 3. The lowest BCUT2D eigenvalue weighted by molar-refractivity contribution is -0.383. The Labute approximate surface area is 143 Å². The fraction of sp³-hybridized carbons (Fsp3) is 0.176. The predicted molar refractivity (Wildman–Crippen MR) is 93.2 cm³/mol. The van der Waals surface area contributed by atoms with Crippen molar-refractivity contribution in [2.75, 3.05) is 17.7 Å². The van der Waals surface area contributed by atoms with Crippen LogP contribution < -0.4 is 16.0 Å². The average Bonchev–Trinajstić information content (AvgIpc) is 2.61. The molecule has 0 fully saturated rings. The Morgan fingerprint density at radius 3 is 2.72 bits per heavy atom. The van der Waals surface area contributed by atoms with Crippen LogP contribution >= 0.6 is 0 Å². The van der Waals surface area contributed by atoms with E-state index in [1.54, 1.807) is 12.1 Å². The van der Waals surface area contributed by atoms with Gasteiger partial charge < -0.3 is 16.0 Å². The van der Waals surface area contributed by atoms with Gasteiger partial charge in [0.2, 0.25) is 5.91 Å². The molecule has 3 rings (SSSR count). The molecule has 2 aromatic carbocycles. The second-order valence-corrected chi connectivity index (χ2v) is 5.61. The molecule has 8 heteroatoms. The van der Waals surface area contributed by atoms with E-state index in [1.807, 2.05) is 6.07 Å². The van der Waals surface area contributed by atoms with E-state index in [-0.39, 0.29) is 28.8 Å². The standard InChI is InChI=1S/C17H16N4O4/c1-18-17(23)11-2-5-14(15(9-11)21(24)25)19-12-4-6-13-10(8-12)3-7-16(22)20-13/h2,4-6,8-9,19H,3,7H2,1H3,(H,18,23)(H,20,22). The number of hydrogen-bond acceptors (Lipinski definition) is 5.